The van der Waals surface area contributed by atoms with Gasteiger partial charge in [-0.25, -0.2) is 15.0 Å². The van der Waals surface area contributed by atoms with E-state index in [2.05, 4.69) is 166 Å². The fourth-order valence-electron chi connectivity index (χ4n) is 9.49. The molecule has 11 rings (SSSR count). The van der Waals surface area contributed by atoms with Crippen molar-refractivity contribution in [3.63, 3.8) is 0 Å². The van der Waals surface area contributed by atoms with E-state index >= 15 is 0 Å². The minimum atomic E-state index is -0.0354. The van der Waals surface area contributed by atoms with Crippen LogP contribution in [-0.4, -0.2) is 24.1 Å². The van der Waals surface area contributed by atoms with Crippen LogP contribution in [0.25, 0.3) is 100 Å². The van der Waals surface area contributed by atoms with Gasteiger partial charge in [-0.2, -0.15) is 5.26 Å². The predicted octanol–water partition coefficient (Wildman–Crippen LogP) is 15.2. The standard InChI is InChI=1S/C60H48N6/c1-59(2,3)42-29-32-52-47(35-42)45-23-13-15-26-50(45)65(52)54-31-28-40(34-49(54)58-63-56(38-18-9-7-10-19-38)62-57(64-58)39-20-11-8-12-21-39)44-25-17-22-41(37-61)55(44)66-51-27-16-14-24-46(51)48-36-43(60(4,5)6)30-33-53(48)66/h7-36H,1-6H3. The van der Waals surface area contributed by atoms with E-state index in [4.69, 9.17) is 15.0 Å². The van der Waals surface area contributed by atoms with Gasteiger partial charge < -0.3 is 9.13 Å². The molecule has 0 amide bonds. The van der Waals surface area contributed by atoms with Crippen LogP contribution in [0.4, 0.5) is 0 Å². The van der Waals surface area contributed by atoms with Gasteiger partial charge in [-0.15, -0.1) is 0 Å². The van der Waals surface area contributed by atoms with Crippen molar-refractivity contribution in [2.45, 2.75) is 52.4 Å². The van der Waals surface area contributed by atoms with E-state index in [1.165, 1.54) is 21.9 Å². The third-order valence-corrected chi connectivity index (χ3v) is 12.9. The summed E-state index contributed by atoms with van der Waals surface area (Å²) in [6.45, 7) is 13.5. The summed E-state index contributed by atoms with van der Waals surface area (Å²) in [4.78, 5) is 15.8. The Morgan fingerprint density at radius 3 is 1.42 bits per heavy atom. The fourth-order valence-corrected chi connectivity index (χ4v) is 9.49. The number of para-hydroxylation sites is 3. The normalized spacial score (nSPS) is 12.1. The molecule has 0 fully saturated rings. The van der Waals surface area contributed by atoms with Crippen LogP contribution in [-0.2, 0) is 10.8 Å². The van der Waals surface area contributed by atoms with Gasteiger partial charge in [-0.05, 0) is 82.1 Å². The van der Waals surface area contributed by atoms with Crippen LogP contribution in [0.2, 0.25) is 0 Å². The Kier molecular flexibility index (Phi) is 9.56. The highest BCUT2D eigenvalue weighted by Crippen LogP contribution is 2.43. The van der Waals surface area contributed by atoms with E-state index in [0.717, 1.165) is 72.0 Å². The highest BCUT2D eigenvalue weighted by atomic mass is 15.1. The second-order valence-corrected chi connectivity index (χ2v) is 19.3. The highest BCUT2D eigenvalue weighted by molar-refractivity contribution is 6.11. The number of fused-ring (bicyclic) bond motifs is 6. The summed E-state index contributed by atoms with van der Waals surface area (Å²) in [5, 5.41) is 15.6. The fraction of sp³-hybridized carbons (Fsp3) is 0.133. The number of aromatic nitrogens is 5. The maximum absolute atomic E-state index is 10.9. The van der Waals surface area contributed by atoms with Crippen molar-refractivity contribution in [1.29, 1.82) is 5.26 Å². The maximum Gasteiger partial charge on any atom is 0.166 e. The molecule has 0 aliphatic heterocycles. The summed E-state index contributed by atoms with van der Waals surface area (Å²) >= 11 is 0. The van der Waals surface area contributed by atoms with Gasteiger partial charge in [0.25, 0.3) is 0 Å². The largest absolute Gasteiger partial charge is 0.309 e. The first-order chi connectivity index (χ1) is 32.0. The average molecular weight is 853 g/mol. The second-order valence-electron chi connectivity index (χ2n) is 19.3. The van der Waals surface area contributed by atoms with Crippen LogP contribution in [0.1, 0.15) is 58.2 Å². The van der Waals surface area contributed by atoms with Crippen LogP contribution in [0.3, 0.4) is 0 Å². The Hall–Kier alpha value is -8.14. The van der Waals surface area contributed by atoms with Gasteiger partial charge in [-0.1, -0.05) is 169 Å². The van der Waals surface area contributed by atoms with E-state index in [-0.39, 0.29) is 10.8 Å². The number of rotatable bonds is 6. The molecule has 0 aliphatic rings. The molecule has 0 saturated carbocycles. The summed E-state index contributed by atoms with van der Waals surface area (Å²) in [5.41, 5.74) is 13.5. The smallest absolute Gasteiger partial charge is 0.166 e. The van der Waals surface area contributed by atoms with E-state index in [1.54, 1.807) is 0 Å². The van der Waals surface area contributed by atoms with Gasteiger partial charge in [0.1, 0.15) is 6.07 Å². The van der Waals surface area contributed by atoms with Crippen molar-refractivity contribution in [2.75, 3.05) is 0 Å². The lowest BCUT2D eigenvalue weighted by molar-refractivity contribution is 0.591. The predicted molar refractivity (Wildman–Crippen MR) is 272 cm³/mol. The molecule has 0 atom stereocenters. The third-order valence-electron chi connectivity index (χ3n) is 12.9. The first-order valence-electron chi connectivity index (χ1n) is 22.6. The van der Waals surface area contributed by atoms with Crippen LogP contribution in [0, 0.1) is 11.3 Å². The minimum Gasteiger partial charge on any atom is -0.309 e. The van der Waals surface area contributed by atoms with Crippen molar-refractivity contribution < 1.29 is 0 Å². The number of hydrogen-bond acceptors (Lipinski definition) is 4. The van der Waals surface area contributed by atoms with Crippen LogP contribution >= 0.6 is 0 Å². The molecule has 0 spiro atoms. The molecule has 0 radical (unpaired) electrons. The van der Waals surface area contributed by atoms with Crippen molar-refractivity contribution in [3.05, 3.63) is 199 Å². The maximum atomic E-state index is 10.9. The Morgan fingerprint density at radius 1 is 0.394 bits per heavy atom. The van der Waals surface area contributed by atoms with E-state index in [0.29, 0.717) is 23.0 Å². The van der Waals surface area contributed by atoms with Gasteiger partial charge in [0, 0.05) is 43.8 Å². The quantitative estimate of drug-likeness (QED) is 0.167. The third kappa shape index (κ3) is 6.83. The molecule has 0 N–H and O–H groups in total. The Morgan fingerprint density at radius 2 is 0.879 bits per heavy atom. The zero-order chi connectivity index (χ0) is 45.3. The van der Waals surface area contributed by atoms with Gasteiger partial charge in [0.2, 0.25) is 0 Å². The zero-order valence-corrected chi connectivity index (χ0v) is 38.0. The van der Waals surface area contributed by atoms with Crippen molar-refractivity contribution >= 4 is 43.6 Å². The Balaban J connectivity index is 1.23. The van der Waals surface area contributed by atoms with Crippen molar-refractivity contribution in [2.24, 2.45) is 0 Å². The van der Waals surface area contributed by atoms with Crippen LogP contribution in [0.15, 0.2) is 182 Å². The Bertz CT molecular complexity index is 3670. The summed E-state index contributed by atoms with van der Waals surface area (Å²) in [5.74, 6) is 1.71. The Labute approximate surface area is 385 Å². The monoisotopic (exact) mass is 852 g/mol. The lowest BCUT2D eigenvalue weighted by atomic mass is 9.86. The molecular formula is C60H48N6. The van der Waals surface area contributed by atoms with Gasteiger partial charge in [0.05, 0.1) is 39.0 Å². The van der Waals surface area contributed by atoms with Gasteiger partial charge in [0.15, 0.2) is 17.5 Å². The van der Waals surface area contributed by atoms with Gasteiger partial charge in [-0.3, -0.25) is 0 Å². The van der Waals surface area contributed by atoms with Crippen molar-refractivity contribution in [3.8, 4) is 62.7 Å². The van der Waals surface area contributed by atoms with Gasteiger partial charge >= 0.3 is 0 Å². The summed E-state index contributed by atoms with van der Waals surface area (Å²) < 4.78 is 4.64. The molecule has 318 valence electrons. The van der Waals surface area contributed by atoms with E-state index in [1.807, 2.05) is 72.8 Å². The summed E-state index contributed by atoms with van der Waals surface area (Å²) in [6, 6.07) is 66.3. The lowest BCUT2D eigenvalue weighted by Gasteiger charge is -2.20. The molecule has 8 aromatic carbocycles. The van der Waals surface area contributed by atoms with Crippen LogP contribution in [0.5, 0.6) is 0 Å². The molecule has 11 aromatic rings. The molecule has 6 nitrogen and oxygen atoms in total. The summed E-state index contributed by atoms with van der Waals surface area (Å²) in [6.07, 6.45) is 0. The zero-order valence-electron chi connectivity index (χ0n) is 38.0. The molecule has 3 aromatic heterocycles. The SMILES string of the molecule is CC(C)(C)c1ccc2c(c1)c1ccccc1n2-c1ccc(-c2cccc(C#N)c2-n2c3ccccc3c3cc(C(C)(C)C)ccc32)cc1-c1nc(-c2ccccc2)nc(-c2ccccc2)n1. The molecule has 0 unspecified atom stereocenters. The molecule has 0 saturated heterocycles. The van der Waals surface area contributed by atoms with Crippen LogP contribution < -0.4 is 0 Å². The second kappa shape index (κ2) is 15.5. The number of nitrogens with zero attached hydrogens (tertiary/aromatic N) is 6. The minimum absolute atomic E-state index is 0.0301. The van der Waals surface area contributed by atoms with E-state index < -0.39 is 0 Å². The molecule has 6 heteroatoms. The van der Waals surface area contributed by atoms with Crippen molar-refractivity contribution in [1.82, 2.24) is 24.1 Å². The number of benzene rings is 8. The molecule has 0 bridgehead atoms. The molecular weight excluding hydrogens is 805 g/mol. The average Bonchev–Trinajstić information content (AvgIpc) is 3.85. The van der Waals surface area contributed by atoms with E-state index in [9.17, 15) is 5.26 Å². The first kappa shape index (κ1) is 40.6. The summed E-state index contributed by atoms with van der Waals surface area (Å²) in [7, 11) is 0. The lowest BCUT2D eigenvalue weighted by Crippen LogP contribution is -2.10. The number of nitriles is 1. The topological polar surface area (TPSA) is 72.3 Å². The molecule has 0 aliphatic carbocycles. The highest BCUT2D eigenvalue weighted by Gasteiger charge is 2.25. The number of hydrogen-bond donors (Lipinski definition) is 0. The molecule has 3 heterocycles. The first-order valence-corrected chi connectivity index (χ1v) is 22.6. The molecule has 66 heavy (non-hydrogen) atoms.